The molecule has 0 aliphatic heterocycles. The van der Waals surface area contributed by atoms with E-state index in [4.69, 9.17) is 10.6 Å². The molecule has 0 radical (unpaired) electrons. The molecule has 0 fully saturated rings. The van der Waals surface area contributed by atoms with E-state index >= 15 is 0 Å². The summed E-state index contributed by atoms with van der Waals surface area (Å²) >= 11 is 0. The normalized spacial score (nSPS) is 10.0. The molecule has 0 bridgehead atoms. The maximum Gasteiger partial charge on any atom is 0.329 e. The molecule has 2 aromatic rings. The molecule has 4 N–H and O–H groups in total. The lowest BCUT2D eigenvalue weighted by molar-refractivity contribution is -0.384. The van der Waals surface area contributed by atoms with Gasteiger partial charge in [0.05, 0.1) is 12.0 Å². The Kier molecular flexibility index (Phi) is 4.09. The Balaban J connectivity index is 2.40. The monoisotopic (exact) mass is 294 g/mol. The number of methoxy groups -OCH3 is 1. The number of anilines is 3. The van der Waals surface area contributed by atoms with Crippen LogP contribution < -0.4 is 21.3 Å². The maximum absolute atomic E-state index is 13.3. The number of nitro groups is 1. The quantitative estimate of drug-likeness (QED) is 0.430. The van der Waals surface area contributed by atoms with E-state index in [0.29, 0.717) is 5.69 Å². The number of nitrogens with one attached hydrogen (secondary N) is 2. The van der Waals surface area contributed by atoms with Crippen LogP contribution in [-0.2, 0) is 0 Å². The minimum atomic E-state index is -0.649. The summed E-state index contributed by atoms with van der Waals surface area (Å²) in [5, 5.41) is 13.6. The van der Waals surface area contributed by atoms with Crippen LogP contribution in [0.5, 0.6) is 5.75 Å². The van der Waals surface area contributed by atoms with E-state index in [1.165, 1.54) is 19.2 Å². The number of nitrogens with two attached hydrogens (primary N) is 1. The fraction of sp³-hybridized carbons (Fsp3) is 0.0909. The van der Waals surface area contributed by atoms with Crippen LogP contribution in [0.3, 0.4) is 0 Å². The molecule has 0 aliphatic rings. The maximum atomic E-state index is 13.3. The van der Waals surface area contributed by atoms with Crippen LogP contribution in [0.25, 0.3) is 0 Å². The van der Waals surface area contributed by atoms with Crippen molar-refractivity contribution in [3.8, 4) is 5.75 Å². The van der Waals surface area contributed by atoms with Crippen LogP contribution in [0.15, 0.2) is 24.4 Å². The number of hydrogen-bond acceptors (Lipinski definition) is 8. The van der Waals surface area contributed by atoms with Gasteiger partial charge < -0.3 is 10.1 Å². The topological polar surface area (TPSA) is 128 Å². The van der Waals surface area contributed by atoms with E-state index in [0.717, 1.165) is 12.3 Å². The fourth-order valence-corrected chi connectivity index (χ4v) is 1.54. The van der Waals surface area contributed by atoms with Gasteiger partial charge in [0, 0.05) is 11.8 Å². The van der Waals surface area contributed by atoms with Gasteiger partial charge >= 0.3 is 5.69 Å². The van der Waals surface area contributed by atoms with E-state index in [1.807, 2.05) is 0 Å². The first-order chi connectivity index (χ1) is 10.0. The number of ether oxygens (including phenoxy) is 1. The molecule has 0 atom stereocenters. The molecule has 2 rings (SSSR count). The van der Waals surface area contributed by atoms with Crippen LogP contribution in [0.2, 0.25) is 0 Å². The summed E-state index contributed by atoms with van der Waals surface area (Å²) < 4.78 is 18.2. The second-order valence-electron chi connectivity index (χ2n) is 3.80. The number of hydrazine groups is 1. The smallest absolute Gasteiger partial charge is 0.329 e. The summed E-state index contributed by atoms with van der Waals surface area (Å²) in [6.45, 7) is 0. The lowest BCUT2D eigenvalue weighted by Gasteiger charge is -2.09. The Morgan fingerprint density at radius 1 is 1.48 bits per heavy atom. The van der Waals surface area contributed by atoms with E-state index < -0.39 is 10.7 Å². The lowest BCUT2D eigenvalue weighted by atomic mass is 10.3. The first-order valence-electron chi connectivity index (χ1n) is 5.63. The van der Waals surface area contributed by atoms with Gasteiger partial charge in [-0.15, -0.1) is 0 Å². The van der Waals surface area contributed by atoms with E-state index in [1.54, 1.807) is 0 Å². The Hall–Kier alpha value is -3.01. The van der Waals surface area contributed by atoms with Crippen molar-refractivity contribution in [3.63, 3.8) is 0 Å². The van der Waals surface area contributed by atoms with Crippen LogP contribution in [0, 0.1) is 15.9 Å². The first-order valence-corrected chi connectivity index (χ1v) is 5.63. The molecule has 0 aliphatic carbocycles. The highest BCUT2D eigenvalue weighted by molar-refractivity contribution is 5.66. The van der Waals surface area contributed by atoms with Gasteiger partial charge in [-0.2, -0.15) is 4.98 Å². The molecule has 1 aromatic carbocycles. The molecule has 1 heterocycles. The van der Waals surface area contributed by atoms with Crippen molar-refractivity contribution in [2.45, 2.75) is 0 Å². The number of nitrogens with zero attached hydrogens (tertiary/aromatic N) is 3. The third-order valence-electron chi connectivity index (χ3n) is 2.51. The zero-order valence-corrected chi connectivity index (χ0v) is 10.8. The molecular formula is C11H11FN6O3. The third kappa shape index (κ3) is 3.12. The van der Waals surface area contributed by atoms with E-state index in [2.05, 4.69) is 20.7 Å². The number of hydrogen-bond donors (Lipinski definition) is 3. The van der Waals surface area contributed by atoms with Crippen LogP contribution >= 0.6 is 0 Å². The average molecular weight is 294 g/mol. The highest BCUT2D eigenvalue weighted by Crippen LogP contribution is 2.28. The SMILES string of the molecule is COc1cc(Nc2nc(NN)ncc2[N+](=O)[O-])ccc1F. The van der Waals surface area contributed by atoms with E-state index in [9.17, 15) is 14.5 Å². The van der Waals surface area contributed by atoms with Gasteiger partial charge in [0.1, 0.15) is 6.20 Å². The minimum absolute atomic E-state index is 0.00261. The van der Waals surface area contributed by atoms with Gasteiger partial charge in [0.15, 0.2) is 11.6 Å². The number of benzene rings is 1. The third-order valence-corrected chi connectivity index (χ3v) is 2.51. The Morgan fingerprint density at radius 3 is 2.86 bits per heavy atom. The Bertz CT molecular complexity index is 681. The molecule has 21 heavy (non-hydrogen) atoms. The molecule has 10 heteroatoms. The molecule has 0 unspecified atom stereocenters. The molecule has 0 spiro atoms. The van der Waals surface area contributed by atoms with Gasteiger partial charge in [-0.3, -0.25) is 15.5 Å². The molecular weight excluding hydrogens is 283 g/mol. The predicted octanol–water partition coefficient (Wildman–Crippen LogP) is 1.56. The van der Waals surface area contributed by atoms with Gasteiger partial charge in [-0.25, -0.2) is 15.2 Å². The van der Waals surface area contributed by atoms with Crippen molar-refractivity contribution in [1.29, 1.82) is 0 Å². The van der Waals surface area contributed by atoms with Crippen molar-refractivity contribution < 1.29 is 14.1 Å². The molecule has 110 valence electrons. The zero-order valence-electron chi connectivity index (χ0n) is 10.8. The summed E-state index contributed by atoms with van der Waals surface area (Å²) in [6.07, 6.45) is 1.01. The number of halogens is 1. The summed E-state index contributed by atoms with van der Waals surface area (Å²) in [4.78, 5) is 17.8. The minimum Gasteiger partial charge on any atom is -0.494 e. The van der Waals surface area contributed by atoms with Crippen LogP contribution in [0.1, 0.15) is 0 Å². The second kappa shape index (κ2) is 5.96. The molecule has 9 nitrogen and oxygen atoms in total. The summed E-state index contributed by atoms with van der Waals surface area (Å²) in [5.74, 6) is 4.52. The number of aromatic nitrogens is 2. The van der Waals surface area contributed by atoms with Gasteiger partial charge in [0.2, 0.25) is 11.8 Å². The van der Waals surface area contributed by atoms with Gasteiger partial charge in [-0.1, -0.05) is 0 Å². The highest BCUT2D eigenvalue weighted by Gasteiger charge is 2.18. The summed E-state index contributed by atoms with van der Waals surface area (Å²) in [7, 11) is 1.31. The van der Waals surface area contributed by atoms with Crippen molar-refractivity contribution >= 4 is 23.1 Å². The molecule has 0 amide bonds. The van der Waals surface area contributed by atoms with Crippen molar-refractivity contribution in [3.05, 3.63) is 40.3 Å². The first kappa shape index (κ1) is 14.4. The zero-order chi connectivity index (χ0) is 15.4. The van der Waals surface area contributed by atoms with Crippen molar-refractivity contribution in [1.82, 2.24) is 9.97 Å². The van der Waals surface area contributed by atoms with Gasteiger partial charge in [-0.05, 0) is 12.1 Å². The van der Waals surface area contributed by atoms with Crippen LogP contribution in [-0.4, -0.2) is 22.0 Å². The molecule has 0 saturated heterocycles. The summed E-state index contributed by atoms with van der Waals surface area (Å²) in [5.41, 5.74) is 2.19. The second-order valence-corrected chi connectivity index (χ2v) is 3.80. The average Bonchev–Trinajstić information content (AvgIpc) is 2.48. The molecule has 1 aromatic heterocycles. The summed E-state index contributed by atoms with van der Waals surface area (Å²) in [6, 6.07) is 3.90. The number of rotatable bonds is 5. The van der Waals surface area contributed by atoms with Gasteiger partial charge in [0.25, 0.3) is 0 Å². The Labute approximate surface area is 118 Å². The van der Waals surface area contributed by atoms with Crippen molar-refractivity contribution in [2.75, 3.05) is 17.9 Å². The van der Waals surface area contributed by atoms with Crippen molar-refractivity contribution in [2.24, 2.45) is 5.84 Å². The fourth-order valence-electron chi connectivity index (χ4n) is 1.54. The highest BCUT2D eigenvalue weighted by atomic mass is 19.1. The van der Waals surface area contributed by atoms with E-state index in [-0.39, 0.29) is 23.2 Å². The Morgan fingerprint density at radius 2 is 2.24 bits per heavy atom. The van der Waals surface area contributed by atoms with Crippen LogP contribution in [0.4, 0.5) is 27.5 Å². The lowest BCUT2D eigenvalue weighted by Crippen LogP contribution is -2.12. The largest absolute Gasteiger partial charge is 0.494 e. The standard InChI is InChI=1S/C11H11FN6O3/c1-21-9-4-6(2-3-7(9)12)15-10-8(18(19)20)5-14-11(16-10)17-13/h2-5H,13H2,1H3,(H2,14,15,16,17). The number of nitrogen functional groups attached to an aromatic ring is 1. The molecule has 0 saturated carbocycles. The predicted molar refractivity (Wildman–Crippen MR) is 72.7 cm³/mol.